The fourth-order valence-electron chi connectivity index (χ4n) is 2.83. The number of rotatable bonds is 1. The van der Waals surface area contributed by atoms with Crippen LogP contribution in [0.25, 0.3) is 0 Å². The first-order chi connectivity index (χ1) is 9.16. The minimum Gasteiger partial charge on any atom is -0.508 e. The smallest absolute Gasteiger partial charge is 0.165 e. The summed E-state index contributed by atoms with van der Waals surface area (Å²) in [5.41, 5.74) is 3.45. The van der Waals surface area contributed by atoms with Gasteiger partial charge in [-0.25, -0.2) is 0 Å². The van der Waals surface area contributed by atoms with E-state index in [1.165, 1.54) is 0 Å². The molecule has 3 nitrogen and oxygen atoms in total. The van der Waals surface area contributed by atoms with Crippen molar-refractivity contribution >= 4 is 5.78 Å². The van der Waals surface area contributed by atoms with E-state index in [1.54, 1.807) is 18.3 Å². The number of hydrogen-bond acceptors (Lipinski definition) is 3. The third-order valence-electron chi connectivity index (χ3n) is 3.76. The molecule has 1 atom stereocenters. The van der Waals surface area contributed by atoms with Crippen LogP contribution >= 0.6 is 0 Å². The Balaban J connectivity index is 2.03. The lowest BCUT2D eigenvalue weighted by atomic mass is 9.80. The largest absolute Gasteiger partial charge is 0.508 e. The number of pyridine rings is 1. The van der Waals surface area contributed by atoms with Gasteiger partial charge in [0, 0.05) is 24.1 Å². The maximum absolute atomic E-state index is 12.3. The van der Waals surface area contributed by atoms with Crippen molar-refractivity contribution in [2.24, 2.45) is 0 Å². The Morgan fingerprint density at radius 2 is 2.00 bits per heavy atom. The molecule has 0 spiro atoms. The molecule has 0 aliphatic heterocycles. The fourth-order valence-corrected chi connectivity index (χ4v) is 2.83. The van der Waals surface area contributed by atoms with E-state index in [2.05, 4.69) is 4.98 Å². The second kappa shape index (κ2) is 4.50. The normalized spacial score (nSPS) is 18.2. The molecular weight excluding hydrogens is 238 g/mol. The van der Waals surface area contributed by atoms with E-state index in [1.807, 2.05) is 25.1 Å². The van der Waals surface area contributed by atoms with Crippen LogP contribution < -0.4 is 0 Å². The van der Waals surface area contributed by atoms with Crippen LogP contribution in [0.15, 0.2) is 36.5 Å². The lowest BCUT2D eigenvalue weighted by molar-refractivity contribution is 0.0962. The lowest BCUT2D eigenvalue weighted by Gasteiger charge is -2.24. The first-order valence-electron chi connectivity index (χ1n) is 6.42. The molecule has 1 aliphatic carbocycles. The molecule has 19 heavy (non-hydrogen) atoms. The summed E-state index contributed by atoms with van der Waals surface area (Å²) in [6.07, 6.45) is 2.89. The van der Waals surface area contributed by atoms with Gasteiger partial charge in [-0.1, -0.05) is 18.2 Å². The molecule has 1 aromatic carbocycles. The molecule has 1 heterocycles. The number of Topliss-reactive ketones (excluding diaryl/α,β-unsaturated/α-hetero) is 1. The molecule has 96 valence electrons. The van der Waals surface area contributed by atoms with Crippen LogP contribution in [0.4, 0.5) is 0 Å². The molecule has 1 aromatic heterocycles. The van der Waals surface area contributed by atoms with Gasteiger partial charge < -0.3 is 5.11 Å². The minimum atomic E-state index is 0.0236. The highest BCUT2D eigenvalue weighted by atomic mass is 16.3. The van der Waals surface area contributed by atoms with E-state index >= 15 is 0 Å². The highest BCUT2D eigenvalue weighted by molar-refractivity contribution is 6.00. The zero-order valence-corrected chi connectivity index (χ0v) is 10.8. The number of benzene rings is 1. The zero-order chi connectivity index (χ0) is 13.4. The Morgan fingerprint density at radius 3 is 2.79 bits per heavy atom. The number of aromatic nitrogens is 1. The minimum absolute atomic E-state index is 0.0236. The van der Waals surface area contributed by atoms with Gasteiger partial charge in [-0.2, -0.15) is 0 Å². The van der Waals surface area contributed by atoms with E-state index in [4.69, 9.17) is 0 Å². The van der Waals surface area contributed by atoms with Gasteiger partial charge in [0.25, 0.3) is 0 Å². The van der Waals surface area contributed by atoms with Gasteiger partial charge >= 0.3 is 0 Å². The predicted molar refractivity (Wildman–Crippen MR) is 72.5 cm³/mol. The van der Waals surface area contributed by atoms with Crippen LogP contribution in [-0.2, 0) is 6.42 Å². The van der Waals surface area contributed by atoms with Gasteiger partial charge in [-0.05, 0) is 36.6 Å². The van der Waals surface area contributed by atoms with E-state index in [0.717, 1.165) is 22.4 Å². The molecular formula is C16H15NO2. The van der Waals surface area contributed by atoms with Crippen LogP contribution in [0.2, 0.25) is 0 Å². The average molecular weight is 253 g/mol. The second-order valence-electron chi connectivity index (χ2n) is 5.04. The average Bonchev–Trinajstić information content (AvgIpc) is 2.39. The van der Waals surface area contributed by atoms with Gasteiger partial charge in [-0.15, -0.1) is 0 Å². The number of aromatic hydroxyl groups is 1. The molecule has 0 bridgehead atoms. The molecule has 1 N–H and O–H groups in total. The molecule has 1 aliphatic rings. The fraction of sp³-hybridized carbons (Fsp3) is 0.250. The molecule has 1 unspecified atom stereocenters. The maximum atomic E-state index is 12.3. The third kappa shape index (κ3) is 2.01. The van der Waals surface area contributed by atoms with Crippen molar-refractivity contribution in [3.05, 3.63) is 58.9 Å². The number of ketones is 1. The number of phenols is 1. The van der Waals surface area contributed by atoms with Gasteiger partial charge in [0.1, 0.15) is 5.75 Å². The summed E-state index contributed by atoms with van der Waals surface area (Å²) in [6, 6.07) is 9.10. The first kappa shape index (κ1) is 11.9. The summed E-state index contributed by atoms with van der Waals surface area (Å²) >= 11 is 0. The second-order valence-corrected chi connectivity index (χ2v) is 5.04. The van der Waals surface area contributed by atoms with Crippen LogP contribution in [-0.4, -0.2) is 15.9 Å². The van der Waals surface area contributed by atoms with Crippen molar-refractivity contribution in [3.63, 3.8) is 0 Å². The lowest BCUT2D eigenvalue weighted by Crippen LogP contribution is -2.21. The molecule has 0 amide bonds. The Labute approximate surface area is 111 Å². The maximum Gasteiger partial charge on any atom is 0.165 e. The van der Waals surface area contributed by atoms with E-state index in [-0.39, 0.29) is 17.5 Å². The van der Waals surface area contributed by atoms with Crippen LogP contribution in [0.3, 0.4) is 0 Å². The summed E-state index contributed by atoms with van der Waals surface area (Å²) < 4.78 is 0. The van der Waals surface area contributed by atoms with Gasteiger partial charge in [0.05, 0.1) is 5.69 Å². The van der Waals surface area contributed by atoms with Crippen molar-refractivity contribution in [1.29, 1.82) is 0 Å². The summed E-state index contributed by atoms with van der Waals surface area (Å²) in [4.78, 5) is 16.6. The van der Waals surface area contributed by atoms with Crippen LogP contribution in [0, 0.1) is 6.92 Å². The quantitative estimate of drug-likeness (QED) is 0.850. The molecule has 0 saturated carbocycles. The number of nitrogens with zero attached hydrogens (tertiary/aromatic N) is 1. The Kier molecular flexibility index (Phi) is 2.82. The molecule has 0 fully saturated rings. The topological polar surface area (TPSA) is 50.2 Å². The monoisotopic (exact) mass is 253 g/mol. The molecule has 3 rings (SSSR count). The SMILES string of the molecule is Cc1ccnc2c1C(=O)CC(c1ccccc1O)C2. The number of aryl methyl sites for hydroxylation is 1. The van der Waals surface area contributed by atoms with Crippen molar-refractivity contribution in [2.45, 2.75) is 25.7 Å². The zero-order valence-electron chi connectivity index (χ0n) is 10.8. The van der Waals surface area contributed by atoms with Crippen LogP contribution in [0.5, 0.6) is 5.75 Å². The Hall–Kier alpha value is -2.16. The van der Waals surface area contributed by atoms with Crippen molar-refractivity contribution in [1.82, 2.24) is 4.98 Å². The summed E-state index contributed by atoms with van der Waals surface area (Å²) in [5, 5.41) is 9.92. The number of carbonyl (C=O) groups excluding carboxylic acids is 1. The Bertz CT molecular complexity index is 649. The number of para-hydroxylation sites is 1. The summed E-state index contributed by atoms with van der Waals surface area (Å²) in [7, 11) is 0. The van der Waals surface area contributed by atoms with Crippen LogP contribution in [0.1, 0.15) is 39.5 Å². The van der Waals surface area contributed by atoms with E-state index < -0.39 is 0 Å². The van der Waals surface area contributed by atoms with Gasteiger partial charge in [0.2, 0.25) is 0 Å². The highest BCUT2D eigenvalue weighted by Gasteiger charge is 2.29. The molecule has 0 radical (unpaired) electrons. The number of hydrogen-bond donors (Lipinski definition) is 1. The number of carbonyl (C=O) groups is 1. The van der Waals surface area contributed by atoms with Gasteiger partial charge in [0.15, 0.2) is 5.78 Å². The molecule has 3 heteroatoms. The molecule has 0 saturated heterocycles. The van der Waals surface area contributed by atoms with Crippen molar-refractivity contribution in [3.8, 4) is 5.75 Å². The van der Waals surface area contributed by atoms with Gasteiger partial charge in [-0.3, -0.25) is 9.78 Å². The Morgan fingerprint density at radius 1 is 1.21 bits per heavy atom. The van der Waals surface area contributed by atoms with Crippen molar-refractivity contribution < 1.29 is 9.90 Å². The number of fused-ring (bicyclic) bond motifs is 1. The highest BCUT2D eigenvalue weighted by Crippen LogP contribution is 2.36. The summed E-state index contributed by atoms with van der Waals surface area (Å²) in [6.45, 7) is 1.94. The first-order valence-corrected chi connectivity index (χ1v) is 6.42. The van der Waals surface area contributed by atoms with E-state index in [0.29, 0.717) is 12.8 Å². The summed E-state index contributed by atoms with van der Waals surface area (Å²) in [5.74, 6) is 0.409. The predicted octanol–water partition coefficient (Wildman–Crippen LogP) is 3.01. The molecule has 2 aromatic rings. The number of phenolic OH excluding ortho intramolecular Hbond substituents is 1. The third-order valence-corrected chi connectivity index (χ3v) is 3.76. The van der Waals surface area contributed by atoms with Crippen molar-refractivity contribution in [2.75, 3.05) is 0 Å². The standard InChI is InChI=1S/C16H15NO2/c1-10-6-7-17-13-8-11(9-15(19)16(10)13)12-4-2-3-5-14(12)18/h2-7,11,18H,8-9H2,1H3. The van der Waals surface area contributed by atoms with E-state index in [9.17, 15) is 9.90 Å².